The van der Waals surface area contributed by atoms with Crippen LogP contribution in [0.2, 0.25) is 0 Å². The van der Waals surface area contributed by atoms with Crippen LogP contribution >= 0.6 is 0 Å². The quantitative estimate of drug-likeness (QED) is 0.753. The van der Waals surface area contributed by atoms with Crippen molar-refractivity contribution in [3.63, 3.8) is 0 Å². The summed E-state index contributed by atoms with van der Waals surface area (Å²) in [6.07, 6.45) is 0. The van der Waals surface area contributed by atoms with E-state index in [9.17, 15) is 0 Å². The van der Waals surface area contributed by atoms with Gasteiger partial charge in [0.05, 0.1) is 20.3 Å². The van der Waals surface area contributed by atoms with Gasteiger partial charge in [0, 0.05) is 5.56 Å². The van der Waals surface area contributed by atoms with Crippen molar-refractivity contribution in [1.29, 1.82) is 0 Å². The van der Waals surface area contributed by atoms with E-state index in [4.69, 9.17) is 15.2 Å². The molecule has 0 unspecified atom stereocenters. The molecule has 1 aromatic heterocycles. The van der Waals surface area contributed by atoms with Gasteiger partial charge >= 0.3 is 0 Å². The van der Waals surface area contributed by atoms with E-state index in [-0.39, 0.29) is 0 Å². The molecule has 0 radical (unpaired) electrons. The first-order valence-corrected chi connectivity index (χ1v) is 7.59. The summed E-state index contributed by atoms with van der Waals surface area (Å²) in [6, 6.07) is 13.2. The van der Waals surface area contributed by atoms with E-state index in [1.165, 1.54) is 0 Å². The highest BCUT2D eigenvalue weighted by molar-refractivity contribution is 5.55. The van der Waals surface area contributed by atoms with Gasteiger partial charge in [-0.3, -0.25) is 5.10 Å². The maximum absolute atomic E-state index is 6.32. The second kappa shape index (κ2) is 6.72. The van der Waals surface area contributed by atoms with Crippen molar-refractivity contribution in [2.75, 3.05) is 14.2 Å². The number of aryl methyl sites for hydroxylation is 1. The molecule has 0 saturated heterocycles. The van der Waals surface area contributed by atoms with Crippen LogP contribution in [-0.4, -0.2) is 29.4 Å². The average Bonchev–Trinajstić information content (AvgIpc) is 3.10. The number of H-pyrrole nitrogens is 1. The van der Waals surface area contributed by atoms with E-state index in [2.05, 4.69) is 15.2 Å². The lowest BCUT2D eigenvalue weighted by atomic mass is 10.1. The number of methoxy groups -OCH3 is 2. The number of hydrogen-bond donors (Lipinski definition) is 2. The van der Waals surface area contributed by atoms with E-state index < -0.39 is 6.04 Å². The zero-order valence-electron chi connectivity index (χ0n) is 13.9. The molecule has 6 nitrogen and oxygen atoms in total. The summed E-state index contributed by atoms with van der Waals surface area (Å²) in [4.78, 5) is 4.53. The molecule has 6 heteroatoms. The van der Waals surface area contributed by atoms with Crippen LogP contribution in [-0.2, 0) is 0 Å². The van der Waals surface area contributed by atoms with Crippen LogP contribution in [0.1, 0.15) is 23.0 Å². The molecule has 1 heterocycles. The van der Waals surface area contributed by atoms with Crippen molar-refractivity contribution < 1.29 is 9.47 Å². The first kappa shape index (κ1) is 16.0. The minimum Gasteiger partial charge on any atom is -0.493 e. The van der Waals surface area contributed by atoms with Crippen LogP contribution in [0.4, 0.5) is 0 Å². The van der Waals surface area contributed by atoms with Crippen LogP contribution in [0.5, 0.6) is 11.5 Å². The predicted molar refractivity (Wildman–Crippen MR) is 92.1 cm³/mol. The number of benzene rings is 2. The number of aromatic amines is 1. The Labute approximate surface area is 140 Å². The number of ether oxygens (including phenoxy) is 2. The molecule has 24 heavy (non-hydrogen) atoms. The van der Waals surface area contributed by atoms with Crippen molar-refractivity contribution in [3.8, 4) is 22.9 Å². The molecule has 3 rings (SSSR count). The predicted octanol–water partition coefficient (Wildman–Crippen LogP) is 2.85. The van der Waals surface area contributed by atoms with Crippen molar-refractivity contribution in [2.24, 2.45) is 5.73 Å². The average molecular weight is 324 g/mol. The number of nitrogens with one attached hydrogen (secondary N) is 1. The first-order chi connectivity index (χ1) is 11.6. The Kier molecular flexibility index (Phi) is 4.48. The molecular formula is C18H20N4O2. The van der Waals surface area contributed by atoms with Crippen LogP contribution in [0.15, 0.2) is 42.5 Å². The SMILES string of the molecule is COc1ccc([C@H](N)c2nc(-c3cccc(C)c3)n[nH]2)cc1OC. The largest absolute Gasteiger partial charge is 0.493 e. The van der Waals surface area contributed by atoms with Crippen LogP contribution in [0.25, 0.3) is 11.4 Å². The van der Waals surface area contributed by atoms with E-state index in [1.54, 1.807) is 14.2 Å². The Balaban J connectivity index is 1.90. The summed E-state index contributed by atoms with van der Waals surface area (Å²) in [7, 11) is 3.19. The Morgan fingerprint density at radius 3 is 2.54 bits per heavy atom. The molecule has 3 aromatic rings. The van der Waals surface area contributed by atoms with E-state index in [0.29, 0.717) is 23.1 Å². The zero-order valence-corrected chi connectivity index (χ0v) is 13.9. The second-order valence-corrected chi connectivity index (χ2v) is 5.51. The Bertz CT molecular complexity index is 845. The third-order valence-electron chi connectivity index (χ3n) is 3.84. The fourth-order valence-electron chi connectivity index (χ4n) is 2.53. The molecule has 2 aromatic carbocycles. The fourth-order valence-corrected chi connectivity index (χ4v) is 2.53. The molecule has 0 spiro atoms. The molecule has 0 bridgehead atoms. The topological polar surface area (TPSA) is 86.0 Å². The summed E-state index contributed by atoms with van der Waals surface area (Å²) in [5.41, 5.74) is 9.29. The number of aromatic nitrogens is 3. The third kappa shape index (κ3) is 3.09. The van der Waals surface area contributed by atoms with E-state index >= 15 is 0 Å². The molecule has 0 amide bonds. The van der Waals surface area contributed by atoms with Gasteiger partial charge in [-0.15, -0.1) is 0 Å². The normalized spacial score (nSPS) is 12.0. The summed E-state index contributed by atoms with van der Waals surface area (Å²) >= 11 is 0. The summed E-state index contributed by atoms with van der Waals surface area (Å²) in [5.74, 6) is 2.51. The monoisotopic (exact) mass is 324 g/mol. The van der Waals surface area contributed by atoms with Gasteiger partial charge in [-0.25, -0.2) is 4.98 Å². The van der Waals surface area contributed by atoms with Crippen molar-refractivity contribution in [3.05, 3.63) is 59.4 Å². The molecule has 0 aliphatic heterocycles. The van der Waals surface area contributed by atoms with Gasteiger partial charge < -0.3 is 15.2 Å². The first-order valence-electron chi connectivity index (χ1n) is 7.59. The van der Waals surface area contributed by atoms with Crippen molar-refractivity contribution in [2.45, 2.75) is 13.0 Å². The van der Waals surface area contributed by atoms with Gasteiger partial charge in [-0.05, 0) is 30.7 Å². The number of nitrogens with two attached hydrogens (primary N) is 1. The summed E-state index contributed by atoms with van der Waals surface area (Å²) in [6.45, 7) is 2.03. The standard InChI is InChI=1S/C18H20N4O2/c1-11-5-4-6-13(9-11)17-20-18(22-21-17)16(19)12-7-8-14(23-2)15(10-12)24-3/h4-10,16H,19H2,1-3H3,(H,20,21,22)/t16-/m0/s1. The van der Waals surface area contributed by atoms with Crippen LogP contribution in [0, 0.1) is 6.92 Å². The Hall–Kier alpha value is -2.86. The molecule has 0 saturated carbocycles. The number of rotatable bonds is 5. The minimum absolute atomic E-state index is 0.434. The van der Waals surface area contributed by atoms with Gasteiger partial charge in [0.15, 0.2) is 17.3 Å². The number of nitrogens with zero attached hydrogens (tertiary/aromatic N) is 2. The minimum atomic E-state index is -0.434. The van der Waals surface area contributed by atoms with Crippen molar-refractivity contribution >= 4 is 0 Å². The van der Waals surface area contributed by atoms with E-state index in [1.807, 2.05) is 49.4 Å². The smallest absolute Gasteiger partial charge is 0.181 e. The fraction of sp³-hybridized carbons (Fsp3) is 0.222. The van der Waals surface area contributed by atoms with Gasteiger partial charge in [0.1, 0.15) is 5.82 Å². The van der Waals surface area contributed by atoms with Gasteiger partial charge in [0.25, 0.3) is 0 Å². The van der Waals surface area contributed by atoms with Gasteiger partial charge in [-0.1, -0.05) is 29.8 Å². The highest BCUT2D eigenvalue weighted by atomic mass is 16.5. The van der Waals surface area contributed by atoms with Crippen LogP contribution in [0.3, 0.4) is 0 Å². The lowest BCUT2D eigenvalue weighted by Gasteiger charge is -2.13. The van der Waals surface area contributed by atoms with Gasteiger partial charge in [-0.2, -0.15) is 5.10 Å². The maximum Gasteiger partial charge on any atom is 0.181 e. The summed E-state index contributed by atoms with van der Waals surface area (Å²) in [5, 5.41) is 7.21. The maximum atomic E-state index is 6.32. The Morgan fingerprint density at radius 1 is 1.04 bits per heavy atom. The summed E-state index contributed by atoms with van der Waals surface area (Å²) < 4.78 is 10.6. The molecule has 0 aliphatic rings. The van der Waals surface area contributed by atoms with Gasteiger partial charge in [0.2, 0.25) is 0 Å². The molecule has 3 N–H and O–H groups in total. The molecule has 0 aliphatic carbocycles. The zero-order chi connectivity index (χ0) is 17.1. The highest BCUT2D eigenvalue weighted by Crippen LogP contribution is 2.31. The molecule has 0 fully saturated rings. The molecule has 1 atom stereocenters. The van der Waals surface area contributed by atoms with Crippen LogP contribution < -0.4 is 15.2 Å². The molecule has 124 valence electrons. The van der Waals surface area contributed by atoms with E-state index in [0.717, 1.165) is 16.7 Å². The Morgan fingerprint density at radius 2 is 1.83 bits per heavy atom. The lowest BCUT2D eigenvalue weighted by molar-refractivity contribution is 0.354. The highest BCUT2D eigenvalue weighted by Gasteiger charge is 2.17. The second-order valence-electron chi connectivity index (χ2n) is 5.51. The number of hydrogen-bond acceptors (Lipinski definition) is 5. The third-order valence-corrected chi connectivity index (χ3v) is 3.84. The lowest BCUT2D eigenvalue weighted by Crippen LogP contribution is -2.14. The molecular weight excluding hydrogens is 304 g/mol. The van der Waals surface area contributed by atoms with Crippen molar-refractivity contribution in [1.82, 2.24) is 15.2 Å².